The van der Waals surface area contributed by atoms with Crippen molar-refractivity contribution in [3.8, 4) is 0 Å². The number of nitrogens with one attached hydrogen (secondary N) is 1. The number of likely N-dealkylation sites (N-methyl/N-ethyl adjacent to an activating group) is 1. The van der Waals surface area contributed by atoms with Gasteiger partial charge in [0, 0.05) is 13.6 Å². The van der Waals surface area contributed by atoms with Gasteiger partial charge in [-0.05, 0) is 30.7 Å². The molecule has 0 saturated heterocycles. The lowest BCUT2D eigenvalue weighted by Gasteiger charge is -2.22. The Morgan fingerprint density at radius 3 is 2.60 bits per heavy atom. The Hall–Kier alpha value is -2.77. The maximum atomic E-state index is 12.7. The van der Waals surface area contributed by atoms with Gasteiger partial charge in [-0.25, -0.2) is 0 Å². The Labute approximate surface area is 142 Å². The fourth-order valence-electron chi connectivity index (χ4n) is 2.26. The summed E-state index contributed by atoms with van der Waals surface area (Å²) in [6, 6.07) is 5.39. The number of benzene rings is 1. The molecular weight excluding hydrogens is 337 g/mol. The van der Waals surface area contributed by atoms with Crippen molar-refractivity contribution in [2.24, 2.45) is 0 Å². The molecular formula is C17H17F3N2O3. The lowest BCUT2D eigenvalue weighted by molar-refractivity contribution is -0.137. The van der Waals surface area contributed by atoms with Crippen LogP contribution in [0.3, 0.4) is 0 Å². The maximum absolute atomic E-state index is 12.7. The molecule has 0 unspecified atom stereocenters. The highest BCUT2D eigenvalue weighted by molar-refractivity contribution is 5.97. The summed E-state index contributed by atoms with van der Waals surface area (Å²) in [5.74, 6) is -0.892. The summed E-state index contributed by atoms with van der Waals surface area (Å²) in [6.07, 6.45) is -1.86. The van der Waals surface area contributed by atoms with Crippen molar-refractivity contribution < 1.29 is 27.2 Å². The van der Waals surface area contributed by atoms with Crippen LogP contribution in [0.1, 0.15) is 28.4 Å². The highest BCUT2D eigenvalue weighted by Crippen LogP contribution is 2.29. The first-order chi connectivity index (χ1) is 11.7. The maximum Gasteiger partial charge on any atom is 0.416 e. The molecule has 1 aromatic carbocycles. The van der Waals surface area contributed by atoms with E-state index in [4.69, 9.17) is 4.42 Å². The topological polar surface area (TPSA) is 62.6 Å². The smallest absolute Gasteiger partial charge is 0.416 e. The molecule has 0 spiro atoms. The highest BCUT2D eigenvalue weighted by atomic mass is 19.4. The van der Waals surface area contributed by atoms with Crippen LogP contribution in [0, 0.1) is 0 Å². The van der Waals surface area contributed by atoms with E-state index in [0.29, 0.717) is 5.56 Å². The second-order valence-electron chi connectivity index (χ2n) is 5.60. The molecule has 2 aromatic rings. The van der Waals surface area contributed by atoms with Crippen LogP contribution in [0.5, 0.6) is 0 Å². The highest BCUT2D eigenvalue weighted by Gasteiger charge is 2.30. The number of hydrogen-bond donors (Lipinski definition) is 1. The molecule has 0 aliphatic heterocycles. The van der Waals surface area contributed by atoms with E-state index in [1.54, 1.807) is 0 Å². The van der Waals surface area contributed by atoms with Crippen LogP contribution in [-0.2, 0) is 17.5 Å². The molecule has 0 bridgehead atoms. The molecule has 5 nitrogen and oxygen atoms in total. The van der Waals surface area contributed by atoms with Crippen molar-refractivity contribution in [2.45, 2.75) is 25.7 Å². The summed E-state index contributed by atoms with van der Waals surface area (Å²) < 4.78 is 43.0. The van der Waals surface area contributed by atoms with E-state index >= 15 is 0 Å². The van der Waals surface area contributed by atoms with Gasteiger partial charge in [0.05, 0.1) is 17.4 Å². The fraction of sp³-hybridized carbons (Fsp3) is 0.294. The molecule has 0 saturated carbocycles. The van der Waals surface area contributed by atoms with Gasteiger partial charge < -0.3 is 14.6 Å². The van der Waals surface area contributed by atoms with Crippen molar-refractivity contribution in [3.05, 3.63) is 59.5 Å². The predicted molar refractivity (Wildman–Crippen MR) is 83.6 cm³/mol. The van der Waals surface area contributed by atoms with Gasteiger partial charge in [0.2, 0.25) is 5.91 Å². The SMILES string of the molecule is C[C@H](NC(=O)c1ccoc1)C(=O)N(C)Cc1cccc(C(F)(F)F)c1. The standard InChI is InChI=1S/C17H17F3N2O3/c1-11(21-15(23)13-6-7-25-10-13)16(24)22(2)9-12-4-3-5-14(8-12)17(18,19)20/h3-8,10-11H,9H2,1-2H3,(H,21,23)/t11-/m0/s1. The van der Waals surface area contributed by atoms with Gasteiger partial charge in [-0.3, -0.25) is 9.59 Å². The van der Waals surface area contributed by atoms with E-state index in [1.165, 1.54) is 49.6 Å². The number of carbonyl (C=O) groups is 2. The Kier molecular flexibility index (Phi) is 5.51. The van der Waals surface area contributed by atoms with Crippen molar-refractivity contribution in [2.75, 3.05) is 7.05 Å². The summed E-state index contributed by atoms with van der Waals surface area (Å²) in [7, 11) is 1.46. The van der Waals surface area contributed by atoms with E-state index in [1.807, 2.05) is 0 Å². The van der Waals surface area contributed by atoms with Crippen LogP contribution in [-0.4, -0.2) is 29.8 Å². The Morgan fingerprint density at radius 1 is 1.28 bits per heavy atom. The minimum Gasteiger partial charge on any atom is -0.472 e. The number of halogens is 3. The number of rotatable bonds is 5. The molecule has 2 amide bonds. The first-order valence-corrected chi connectivity index (χ1v) is 7.42. The van der Waals surface area contributed by atoms with Gasteiger partial charge in [-0.2, -0.15) is 13.2 Å². The van der Waals surface area contributed by atoms with Crippen LogP contribution < -0.4 is 5.32 Å². The molecule has 1 N–H and O–H groups in total. The molecule has 2 rings (SSSR count). The lowest BCUT2D eigenvalue weighted by atomic mass is 10.1. The number of alkyl halides is 3. The summed E-state index contributed by atoms with van der Waals surface area (Å²) in [4.78, 5) is 25.4. The third-order valence-electron chi connectivity index (χ3n) is 3.55. The average molecular weight is 354 g/mol. The summed E-state index contributed by atoms with van der Waals surface area (Å²) in [6.45, 7) is 1.50. The van der Waals surface area contributed by atoms with Crippen molar-refractivity contribution in [1.82, 2.24) is 10.2 Å². The average Bonchev–Trinajstić information content (AvgIpc) is 3.08. The Bertz CT molecular complexity index is 742. The first kappa shape index (κ1) is 18.6. The summed E-state index contributed by atoms with van der Waals surface area (Å²) >= 11 is 0. The number of amides is 2. The molecule has 8 heteroatoms. The molecule has 0 radical (unpaired) electrons. The molecule has 1 heterocycles. The second-order valence-corrected chi connectivity index (χ2v) is 5.60. The zero-order valence-electron chi connectivity index (χ0n) is 13.6. The third kappa shape index (κ3) is 4.85. The van der Waals surface area contributed by atoms with Crippen LogP contribution in [0.2, 0.25) is 0 Å². The van der Waals surface area contributed by atoms with E-state index in [2.05, 4.69) is 5.32 Å². The molecule has 1 aromatic heterocycles. The minimum absolute atomic E-state index is 0.00528. The number of furan rings is 1. The van der Waals surface area contributed by atoms with E-state index in [0.717, 1.165) is 12.1 Å². The van der Waals surface area contributed by atoms with Gasteiger partial charge in [-0.15, -0.1) is 0 Å². The Morgan fingerprint density at radius 2 is 2.00 bits per heavy atom. The van der Waals surface area contributed by atoms with Gasteiger partial charge in [0.25, 0.3) is 5.91 Å². The zero-order valence-corrected chi connectivity index (χ0v) is 13.6. The normalized spacial score (nSPS) is 12.5. The van der Waals surface area contributed by atoms with Gasteiger partial charge >= 0.3 is 6.18 Å². The van der Waals surface area contributed by atoms with Gasteiger partial charge in [0.1, 0.15) is 12.3 Å². The number of hydrogen-bond acceptors (Lipinski definition) is 3. The quantitative estimate of drug-likeness (QED) is 0.898. The molecule has 134 valence electrons. The third-order valence-corrected chi connectivity index (χ3v) is 3.55. The van der Waals surface area contributed by atoms with E-state index in [-0.39, 0.29) is 12.1 Å². The Balaban J connectivity index is 1.99. The number of carbonyl (C=O) groups excluding carboxylic acids is 2. The van der Waals surface area contributed by atoms with Crippen molar-refractivity contribution in [3.63, 3.8) is 0 Å². The van der Waals surface area contributed by atoms with Gasteiger partial charge in [-0.1, -0.05) is 12.1 Å². The minimum atomic E-state index is -4.44. The second kappa shape index (κ2) is 7.42. The van der Waals surface area contributed by atoms with Crippen LogP contribution in [0.25, 0.3) is 0 Å². The molecule has 0 aliphatic carbocycles. The number of nitrogens with zero attached hydrogens (tertiary/aromatic N) is 1. The predicted octanol–water partition coefficient (Wildman–Crippen LogP) is 3.08. The lowest BCUT2D eigenvalue weighted by Crippen LogP contribution is -2.45. The largest absolute Gasteiger partial charge is 0.472 e. The monoisotopic (exact) mass is 354 g/mol. The van der Waals surface area contributed by atoms with Crippen LogP contribution in [0.15, 0.2) is 47.3 Å². The van der Waals surface area contributed by atoms with Crippen molar-refractivity contribution in [1.29, 1.82) is 0 Å². The van der Waals surface area contributed by atoms with Crippen LogP contribution >= 0.6 is 0 Å². The van der Waals surface area contributed by atoms with E-state index in [9.17, 15) is 22.8 Å². The van der Waals surface area contributed by atoms with E-state index < -0.39 is 29.6 Å². The van der Waals surface area contributed by atoms with Crippen molar-refractivity contribution >= 4 is 11.8 Å². The summed E-state index contributed by atoms with van der Waals surface area (Å²) in [5.41, 5.74) is -0.147. The van der Waals surface area contributed by atoms with Gasteiger partial charge in [0.15, 0.2) is 0 Å². The fourth-order valence-corrected chi connectivity index (χ4v) is 2.26. The molecule has 0 fully saturated rings. The van der Waals surface area contributed by atoms with Crippen LogP contribution in [0.4, 0.5) is 13.2 Å². The molecule has 1 atom stereocenters. The summed E-state index contributed by atoms with van der Waals surface area (Å²) in [5, 5.41) is 2.51. The molecule has 25 heavy (non-hydrogen) atoms. The molecule has 0 aliphatic rings. The zero-order chi connectivity index (χ0) is 18.6. The first-order valence-electron chi connectivity index (χ1n) is 7.42.